The van der Waals surface area contributed by atoms with Gasteiger partial charge < -0.3 is 19.4 Å². The number of ether oxygens (including phenoxy) is 2. The molecule has 0 saturated carbocycles. The van der Waals surface area contributed by atoms with Crippen LogP contribution < -0.4 is 10.4 Å². The first-order valence-electron chi connectivity index (χ1n) is 7.22. The number of hydrogen-bond acceptors (Lipinski definition) is 5. The van der Waals surface area contributed by atoms with Crippen LogP contribution in [0.2, 0.25) is 0 Å². The van der Waals surface area contributed by atoms with Crippen LogP contribution in [0.1, 0.15) is 12.5 Å². The van der Waals surface area contributed by atoms with Gasteiger partial charge in [-0.1, -0.05) is 18.2 Å². The fourth-order valence-electron chi connectivity index (χ4n) is 2.59. The van der Waals surface area contributed by atoms with Gasteiger partial charge in [0.15, 0.2) is 6.10 Å². The second-order valence-corrected chi connectivity index (χ2v) is 5.28. The average molecular weight is 330 g/mol. The molecule has 0 aliphatic rings. The summed E-state index contributed by atoms with van der Waals surface area (Å²) >= 11 is 0. The van der Waals surface area contributed by atoms with Crippen molar-refractivity contribution in [3.05, 3.63) is 52.4 Å². The van der Waals surface area contributed by atoms with Gasteiger partial charge >= 0.3 is 11.6 Å². The first-order chi connectivity index (χ1) is 11.0. The summed E-state index contributed by atoms with van der Waals surface area (Å²) in [4.78, 5) is 23.7. The van der Waals surface area contributed by atoms with Crippen molar-refractivity contribution in [2.45, 2.75) is 20.0 Å². The highest BCUT2D eigenvalue weighted by molar-refractivity contribution is 6.05. The highest BCUT2D eigenvalue weighted by Crippen LogP contribution is 2.31. The number of carbonyl (C=O) groups is 1. The first-order valence-corrected chi connectivity index (χ1v) is 7.22. The number of aryl methyl sites for hydroxylation is 1. The van der Waals surface area contributed by atoms with Gasteiger partial charge in [0.2, 0.25) is 0 Å². The van der Waals surface area contributed by atoms with E-state index in [1.165, 1.54) is 7.11 Å². The molecular formula is C18H18O6. The molecule has 6 nitrogen and oxygen atoms in total. The fraction of sp³-hybridized carbons (Fsp3) is 0.222. The number of esters is 1. The zero-order chi connectivity index (χ0) is 16.6. The average Bonchev–Trinajstić information content (AvgIpc) is 2.57. The summed E-state index contributed by atoms with van der Waals surface area (Å²) in [6.45, 7) is 3.39. The van der Waals surface area contributed by atoms with E-state index in [0.717, 1.165) is 10.8 Å². The van der Waals surface area contributed by atoms with Crippen LogP contribution in [0.4, 0.5) is 0 Å². The lowest BCUT2D eigenvalue weighted by molar-refractivity contribution is -0.147. The van der Waals surface area contributed by atoms with E-state index in [-0.39, 0.29) is 5.48 Å². The Morgan fingerprint density at radius 3 is 2.42 bits per heavy atom. The van der Waals surface area contributed by atoms with Crippen LogP contribution in [-0.2, 0) is 9.53 Å². The van der Waals surface area contributed by atoms with E-state index in [9.17, 15) is 9.59 Å². The molecule has 1 heterocycles. The maximum atomic E-state index is 12.2. The molecule has 0 radical (unpaired) electrons. The molecule has 0 aliphatic heterocycles. The smallest absolute Gasteiger partial charge is 0.346 e. The lowest BCUT2D eigenvalue weighted by atomic mass is 10.0. The maximum absolute atomic E-state index is 12.2. The highest BCUT2D eigenvalue weighted by Gasteiger charge is 2.18. The molecule has 126 valence electrons. The SMILES string of the molecule is COC(=O)C(C)Oc1ccc2c(oc(=O)c3ccccc32)c1C.O. The van der Waals surface area contributed by atoms with Crippen LogP contribution in [0.3, 0.4) is 0 Å². The van der Waals surface area contributed by atoms with E-state index in [0.29, 0.717) is 22.3 Å². The first kappa shape index (κ1) is 17.5. The largest absolute Gasteiger partial charge is 0.479 e. The minimum absolute atomic E-state index is 0. The molecule has 1 aromatic heterocycles. The van der Waals surface area contributed by atoms with E-state index < -0.39 is 17.7 Å². The number of carbonyl (C=O) groups excluding carboxylic acids is 1. The summed E-state index contributed by atoms with van der Waals surface area (Å²) in [7, 11) is 1.31. The van der Waals surface area contributed by atoms with E-state index in [2.05, 4.69) is 4.74 Å². The van der Waals surface area contributed by atoms with Crippen LogP contribution in [0.15, 0.2) is 45.6 Å². The monoisotopic (exact) mass is 330 g/mol. The minimum Gasteiger partial charge on any atom is -0.479 e. The lowest BCUT2D eigenvalue weighted by Crippen LogP contribution is -2.25. The Labute approximate surface area is 137 Å². The van der Waals surface area contributed by atoms with E-state index in [1.807, 2.05) is 18.2 Å². The van der Waals surface area contributed by atoms with Gasteiger partial charge in [0.25, 0.3) is 0 Å². The molecule has 2 aromatic carbocycles. The van der Waals surface area contributed by atoms with Crippen LogP contribution >= 0.6 is 0 Å². The van der Waals surface area contributed by atoms with Crippen molar-refractivity contribution in [3.8, 4) is 5.75 Å². The zero-order valence-electron chi connectivity index (χ0n) is 13.6. The summed E-state index contributed by atoms with van der Waals surface area (Å²) < 4.78 is 15.7. The predicted octanol–water partition coefficient (Wildman–Crippen LogP) is 2.37. The summed E-state index contributed by atoms with van der Waals surface area (Å²) in [5.74, 6) is 0.0123. The molecule has 6 heteroatoms. The van der Waals surface area contributed by atoms with E-state index in [4.69, 9.17) is 9.15 Å². The molecule has 3 rings (SSSR count). The second kappa shape index (κ2) is 6.72. The molecule has 24 heavy (non-hydrogen) atoms. The van der Waals surface area contributed by atoms with Gasteiger partial charge in [-0.05, 0) is 37.4 Å². The van der Waals surface area contributed by atoms with Gasteiger partial charge in [-0.15, -0.1) is 0 Å². The number of methoxy groups -OCH3 is 1. The van der Waals surface area contributed by atoms with Crippen molar-refractivity contribution < 1.29 is 24.2 Å². The fourth-order valence-corrected chi connectivity index (χ4v) is 2.59. The third kappa shape index (κ3) is 2.83. The Balaban J connectivity index is 0.00000208. The third-order valence-corrected chi connectivity index (χ3v) is 3.82. The Hall–Kier alpha value is -2.86. The van der Waals surface area contributed by atoms with Crippen molar-refractivity contribution in [2.24, 2.45) is 0 Å². The Bertz CT molecular complexity index is 957. The standard InChI is InChI=1S/C18H16O5.H2O/c1-10-15(22-11(2)17(19)21-3)9-8-13-12-6-4-5-7-14(12)18(20)23-16(10)13;/h4-9,11H,1-3H3;1H2. The Morgan fingerprint density at radius 1 is 1.08 bits per heavy atom. The van der Waals surface area contributed by atoms with Gasteiger partial charge in [-0.2, -0.15) is 0 Å². The number of hydrogen-bond donors (Lipinski definition) is 0. The van der Waals surface area contributed by atoms with Gasteiger partial charge in [0.1, 0.15) is 11.3 Å². The molecule has 2 N–H and O–H groups in total. The number of benzene rings is 2. The second-order valence-electron chi connectivity index (χ2n) is 5.28. The molecule has 0 aliphatic carbocycles. The molecule has 0 fully saturated rings. The maximum Gasteiger partial charge on any atom is 0.346 e. The summed E-state index contributed by atoms with van der Waals surface area (Å²) in [6.07, 6.45) is -0.747. The van der Waals surface area contributed by atoms with Crippen LogP contribution in [0.25, 0.3) is 21.7 Å². The van der Waals surface area contributed by atoms with Crippen molar-refractivity contribution in [1.29, 1.82) is 0 Å². The van der Waals surface area contributed by atoms with Crippen LogP contribution in [-0.4, -0.2) is 24.7 Å². The number of fused-ring (bicyclic) bond motifs is 3. The predicted molar refractivity (Wildman–Crippen MR) is 90.4 cm³/mol. The van der Waals surface area contributed by atoms with Gasteiger partial charge in [0, 0.05) is 10.9 Å². The minimum atomic E-state index is -0.747. The third-order valence-electron chi connectivity index (χ3n) is 3.82. The van der Waals surface area contributed by atoms with E-state index >= 15 is 0 Å². The molecule has 0 saturated heterocycles. The molecule has 0 spiro atoms. The molecule has 1 atom stereocenters. The van der Waals surface area contributed by atoms with Gasteiger partial charge in [-0.25, -0.2) is 9.59 Å². The van der Waals surface area contributed by atoms with Crippen molar-refractivity contribution in [1.82, 2.24) is 0 Å². The Morgan fingerprint density at radius 2 is 1.75 bits per heavy atom. The van der Waals surface area contributed by atoms with Crippen molar-refractivity contribution in [3.63, 3.8) is 0 Å². The topological polar surface area (TPSA) is 97.2 Å². The quantitative estimate of drug-likeness (QED) is 0.417. The molecular weight excluding hydrogens is 312 g/mol. The van der Waals surface area contributed by atoms with Crippen molar-refractivity contribution in [2.75, 3.05) is 7.11 Å². The summed E-state index contributed by atoms with van der Waals surface area (Å²) in [5.41, 5.74) is 0.735. The molecule has 3 aromatic rings. The lowest BCUT2D eigenvalue weighted by Gasteiger charge is -2.15. The molecule has 0 bridgehead atoms. The summed E-state index contributed by atoms with van der Waals surface area (Å²) in [5, 5.41) is 2.20. The van der Waals surface area contributed by atoms with Crippen LogP contribution in [0.5, 0.6) is 5.75 Å². The van der Waals surface area contributed by atoms with Crippen LogP contribution in [0, 0.1) is 6.92 Å². The van der Waals surface area contributed by atoms with Gasteiger partial charge in [-0.3, -0.25) is 0 Å². The Kier molecular flexibility index (Phi) is 4.90. The summed E-state index contributed by atoms with van der Waals surface area (Å²) in [6, 6.07) is 10.9. The van der Waals surface area contributed by atoms with E-state index in [1.54, 1.807) is 32.0 Å². The van der Waals surface area contributed by atoms with Gasteiger partial charge in [0.05, 0.1) is 12.5 Å². The van der Waals surface area contributed by atoms with Crippen molar-refractivity contribution >= 4 is 27.7 Å². The zero-order valence-corrected chi connectivity index (χ0v) is 13.6. The molecule has 1 unspecified atom stereocenters. The normalized spacial score (nSPS) is 11.8. The molecule has 0 amide bonds. The number of rotatable bonds is 3. The highest BCUT2D eigenvalue weighted by atomic mass is 16.6.